The van der Waals surface area contributed by atoms with E-state index >= 15 is 0 Å². The molecule has 0 saturated carbocycles. The lowest BCUT2D eigenvalue weighted by Gasteiger charge is -2.22. The molecule has 2 aromatic rings. The number of nitrogens with one attached hydrogen (secondary N) is 2. The van der Waals surface area contributed by atoms with E-state index in [0.717, 1.165) is 11.1 Å². The molecule has 0 aliphatic heterocycles. The van der Waals surface area contributed by atoms with Crippen LogP contribution in [0.4, 0.5) is 4.39 Å². The highest BCUT2D eigenvalue weighted by Crippen LogP contribution is 2.08. The van der Waals surface area contributed by atoms with Gasteiger partial charge in [0, 0.05) is 12.1 Å². The lowest BCUT2D eigenvalue weighted by Crippen LogP contribution is -2.49. The zero-order valence-electron chi connectivity index (χ0n) is 14.7. The van der Waals surface area contributed by atoms with Gasteiger partial charge in [-0.05, 0) is 42.7 Å². The monoisotopic (exact) mass is 342 g/mol. The van der Waals surface area contributed by atoms with E-state index in [1.807, 2.05) is 32.9 Å². The molecule has 0 fully saturated rings. The molecule has 0 bridgehead atoms. The first-order chi connectivity index (χ1) is 11.9. The number of hydrogen-bond acceptors (Lipinski definition) is 2. The second-order valence-corrected chi connectivity index (χ2v) is 6.41. The number of benzene rings is 2. The van der Waals surface area contributed by atoms with Crippen molar-refractivity contribution in [1.29, 1.82) is 0 Å². The first kappa shape index (κ1) is 18.6. The molecule has 0 aliphatic rings. The average Bonchev–Trinajstić information content (AvgIpc) is 2.59. The van der Waals surface area contributed by atoms with Gasteiger partial charge in [0.1, 0.15) is 11.9 Å². The number of halogens is 1. The van der Waals surface area contributed by atoms with Crippen molar-refractivity contribution in [2.24, 2.45) is 5.92 Å². The van der Waals surface area contributed by atoms with E-state index in [1.165, 1.54) is 12.1 Å². The second kappa shape index (κ2) is 8.42. The average molecular weight is 342 g/mol. The van der Waals surface area contributed by atoms with Crippen molar-refractivity contribution < 1.29 is 14.0 Å². The molecule has 1 unspecified atom stereocenters. The van der Waals surface area contributed by atoms with Gasteiger partial charge in [-0.2, -0.15) is 0 Å². The molecule has 0 aliphatic carbocycles. The van der Waals surface area contributed by atoms with Crippen LogP contribution in [0.25, 0.3) is 0 Å². The highest BCUT2D eigenvalue weighted by molar-refractivity contribution is 5.97. The molecule has 132 valence electrons. The van der Waals surface area contributed by atoms with Crippen molar-refractivity contribution in [3.63, 3.8) is 0 Å². The van der Waals surface area contributed by atoms with Crippen molar-refractivity contribution in [2.75, 3.05) is 0 Å². The number of carbonyl (C=O) groups is 2. The van der Waals surface area contributed by atoms with E-state index < -0.39 is 6.04 Å². The standard InChI is InChI=1S/C20H23FN2O2/c1-13(2)18(23-19(24)16-8-4-14(3)5-9-16)20(25)22-12-15-6-10-17(21)11-7-15/h4-11,13,18H,12H2,1-3H3,(H,22,25)(H,23,24). The quantitative estimate of drug-likeness (QED) is 0.847. The van der Waals surface area contributed by atoms with Crippen LogP contribution in [-0.4, -0.2) is 17.9 Å². The van der Waals surface area contributed by atoms with Crippen LogP contribution in [0.2, 0.25) is 0 Å². The molecule has 0 aromatic heterocycles. The van der Waals surface area contributed by atoms with E-state index in [1.54, 1.807) is 24.3 Å². The number of carbonyl (C=O) groups excluding carboxylic acids is 2. The van der Waals surface area contributed by atoms with E-state index in [9.17, 15) is 14.0 Å². The van der Waals surface area contributed by atoms with Crippen LogP contribution in [0, 0.1) is 18.7 Å². The first-order valence-corrected chi connectivity index (χ1v) is 8.26. The molecule has 2 rings (SSSR count). The van der Waals surface area contributed by atoms with Crippen LogP contribution in [0.5, 0.6) is 0 Å². The molecule has 0 radical (unpaired) electrons. The van der Waals surface area contributed by atoms with Crippen LogP contribution >= 0.6 is 0 Å². The van der Waals surface area contributed by atoms with Crippen LogP contribution in [0.1, 0.15) is 35.3 Å². The van der Waals surface area contributed by atoms with Gasteiger partial charge in [0.05, 0.1) is 0 Å². The Morgan fingerprint density at radius 1 is 1.00 bits per heavy atom. The molecular formula is C20H23FN2O2. The van der Waals surface area contributed by atoms with Gasteiger partial charge < -0.3 is 10.6 Å². The van der Waals surface area contributed by atoms with Crippen LogP contribution in [0.3, 0.4) is 0 Å². The SMILES string of the molecule is Cc1ccc(C(=O)NC(C(=O)NCc2ccc(F)cc2)C(C)C)cc1. The third-order valence-electron chi connectivity index (χ3n) is 3.93. The lowest BCUT2D eigenvalue weighted by atomic mass is 10.0. The van der Waals surface area contributed by atoms with Gasteiger partial charge in [-0.25, -0.2) is 4.39 Å². The summed E-state index contributed by atoms with van der Waals surface area (Å²) < 4.78 is 12.9. The summed E-state index contributed by atoms with van der Waals surface area (Å²) in [6, 6.07) is 12.5. The summed E-state index contributed by atoms with van der Waals surface area (Å²) in [4.78, 5) is 24.8. The summed E-state index contributed by atoms with van der Waals surface area (Å²) in [5.41, 5.74) is 2.37. The van der Waals surface area contributed by atoms with Gasteiger partial charge in [-0.15, -0.1) is 0 Å². The van der Waals surface area contributed by atoms with E-state index in [4.69, 9.17) is 0 Å². The maximum Gasteiger partial charge on any atom is 0.251 e. The van der Waals surface area contributed by atoms with E-state index in [2.05, 4.69) is 10.6 Å². The molecular weight excluding hydrogens is 319 g/mol. The summed E-state index contributed by atoms with van der Waals surface area (Å²) in [6.45, 7) is 5.97. The van der Waals surface area contributed by atoms with Gasteiger partial charge >= 0.3 is 0 Å². The van der Waals surface area contributed by atoms with Gasteiger partial charge in [0.2, 0.25) is 5.91 Å². The first-order valence-electron chi connectivity index (χ1n) is 8.26. The molecule has 0 spiro atoms. The summed E-state index contributed by atoms with van der Waals surface area (Å²) in [7, 11) is 0. The van der Waals surface area contributed by atoms with Crippen molar-refractivity contribution in [1.82, 2.24) is 10.6 Å². The minimum atomic E-state index is -0.644. The minimum Gasteiger partial charge on any atom is -0.350 e. The molecule has 1 atom stereocenters. The summed E-state index contributed by atoms with van der Waals surface area (Å²) >= 11 is 0. The molecule has 4 nitrogen and oxygen atoms in total. The third-order valence-corrected chi connectivity index (χ3v) is 3.93. The molecule has 2 N–H and O–H groups in total. The Bertz CT molecular complexity index is 724. The zero-order chi connectivity index (χ0) is 18.4. The Labute approximate surface area is 147 Å². The predicted molar refractivity (Wildman–Crippen MR) is 95.5 cm³/mol. The van der Waals surface area contributed by atoms with Gasteiger partial charge in [0.25, 0.3) is 5.91 Å². The molecule has 2 aromatic carbocycles. The Morgan fingerprint density at radius 3 is 2.16 bits per heavy atom. The maximum atomic E-state index is 12.9. The van der Waals surface area contributed by atoms with Crippen LogP contribution in [0.15, 0.2) is 48.5 Å². The van der Waals surface area contributed by atoms with Gasteiger partial charge in [-0.1, -0.05) is 43.7 Å². The largest absolute Gasteiger partial charge is 0.350 e. The smallest absolute Gasteiger partial charge is 0.251 e. The minimum absolute atomic E-state index is 0.0670. The van der Waals surface area contributed by atoms with E-state index in [0.29, 0.717) is 5.56 Å². The maximum absolute atomic E-state index is 12.9. The Balaban J connectivity index is 1.98. The highest BCUT2D eigenvalue weighted by atomic mass is 19.1. The molecule has 0 saturated heterocycles. The molecule has 5 heteroatoms. The van der Waals surface area contributed by atoms with Gasteiger partial charge in [0.15, 0.2) is 0 Å². The van der Waals surface area contributed by atoms with Crippen molar-refractivity contribution in [2.45, 2.75) is 33.4 Å². The highest BCUT2D eigenvalue weighted by Gasteiger charge is 2.24. The Morgan fingerprint density at radius 2 is 1.60 bits per heavy atom. The Kier molecular flexibility index (Phi) is 6.28. The summed E-state index contributed by atoms with van der Waals surface area (Å²) in [5, 5.41) is 5.58. The third kappa shape index (κ3) is 5.41. The fraction of sp³-hybridized carbons (Fsp3) is 0.300. The number of aryl methyl sites for hydroxylation is 1. The number of rotatable bonds is 6. The van der Waals surface area contributed by atoms with Crippen molar-refractivity contribution >= 4 is 11.8 Å². The zero-order valence-corrected chi connectivity index (χ0v) is 14.7. The number of amides is 2. The topological polar surface area (TPSA) is 58.2 Å². The van der Waals surface area contributed by atoms with E-state index in [-0.39, 0.29) is 30.1 Å². The summed E-state index contributed by atoms with van der Waals surface area (Å²) in [5.74, 6) is -0.932. The second-order valence-electron chi connectivity index (χ2n) is 6.41. The summed E-state index contributed by atoms with van der Waals surface area (Å²) in [6.07, 6.45) is 0. The molecule has 25 heavy (non-hydrogen) atoms. The van der Waals surface area contributed by atoms with Crippen LogP contribution < -0.4 is 10.6 Å². The van der Waals surface area contributed by atoms with Gasteiger partial charge in [-0.3, -0.25) is 9.59 Å². The number of hydrogen-bond donors (Lipinski definition) is 2. The van der Waals surface area contributed by atoms with Crippen LogP contribution in [-0.2, 0) is 11.3 Å². The fourth-order valence-electron chi connectivity index (χ4n) is 2.37. The molecule has 2 amide bonds. The molecule has 0 heterocycles. The van der Waals surface area contributed by atoms with Crippen molar-refractivity contribution in [3.8, 4) is 0 Å². The van der Waals surface area contributed by atoms with Crippen molar-refractivity contribution in [3.05, 3.63) is 71.0 Å². The predicted octanol–water partition coefficient (Wildman–Crippen LogP) is 3.20. The fourth-order valence-corrected chi connectivity index (χ4v) is 2.37. The Hall–Kier alpha value is -2.69. The normalized spacial score (nSPS) is 11.9. The lowest BCUT2D eigenvalue weighted by molar-refractivity contribution is -0.124.